The minimum Gasteiger partial charge on any atom is -0.293 e. The summed E-state index contributed by atoms with van der Waals surface area (Å²) in [5.74, 6) is 6.92. The van der Waals surface area contributed by atoms with Crippen molar-refractivity contribution in [1.29, 1.82) is 0 Å². The van der Waals surface area contributed by atoms with Crippen LogP contribution in [0.15, 0.2) is 61.2 Å². The molecule has 0 aliphatic rings. The van der Waals surface area contributed by atoms with Crippen LogP contribution in [0.2, 0.25) is 0 Å². The molecule has 0 fully saturated rings. The zero-order chi connectivity index (χ0) is 13.1. The number of fused-ring (bicyclic) bond motifs is 1. The number of rotatable bonds is 1. The Morgan fingerprint density at radius 1 is 0.947 bits per heavy atom. The lowest BCUT2D eigenvalue weighted by molar-refractivity contribution is 1.13. The molecule has 0 spiro atoms. The first kappa shape index (κ1) is 11.3. The van der Waals surface area contributed by atoms with Gasteiger partial charge < -0.3 is 0 Å². The van der Waals surface area contributed by atoms with Crippen molar-refractivity contribution >= 4 is 17.2 Å². The van der Waals surface area contributed by atoms with Gasteiger partial charge in [0.15, 0.2) is 5.82 Å². The van der Waals surface area contributed by atoms with Gasteiger partial charge >= 0.3 is 0 Å². The molecule has 2 heteroatoms. The van der Waals surface area contributed by atoms with Crippen molar-refractivity contribution in [3.05, 3.63) is 72.6 Å². The number of para-hydroxylation sites is 2. The zero-order valence-corrected chi connectivity index (χ0v) is 10.4. The van der Waals surface area contributed by atoms with Crippen LogP contribution in [-0.2, 0) is 0 Å². The third-order valence-corrected chi connectivity index (χ3v) is 2.87. The van der Waals surface area contributed by atoms with Crippen LogP contribution >= 0.6 is 0 Å². The second-order valence-electron chi connectivity index (χ2n) is 4.09. The van der Waals surface area contributed by atoms with E-state index in [0.29, 0.717) is 5.82 Å². The molecule has 0 amide bonds. The van der Waals surface area contributed by atoms with Crippen molar-refractivity contribution in [3.63, 3.8) is 0 Å². The summed E-state index contributed by atoms with van der Waals surface area (Å²) in [5, 5.41) is 0. The van der Waals surface area contributed by atoms with E-state index in [9.17, 15) is 0 Å². The molecular weight excluding hydrogens is 232 g/mol. The lowest BCUT2D eigenvalue weighted by atomic mass is 10.2. The highest BCUT2D eigenvalue weighted by molar-refractivity contribution is 5.79. The van der Waals surface area contributed by atoms with E-state index < -0.39 is 0 Å². The molecule has 0 aliphatic carbocycles. The summed E-state index contributed by atoms with van der Waals surface area (Å²) < 4.78 is 1.91. The van der Waals surface area contributed by atoms with Crippen molar-refractivity contribution in [2.45, 2.75) is 0 Å². The highest BCUT2D eigenvalue weighted by atomic mass is 15.1. The topological polar surface area (TPSA) is 17.8 Å². The van der Waals surface area contributed by atoms with Crippen LogP contribution < -0.4 is 0 Å². The van der Waals surface area contributed by atoms with Crippen molar-refractivity contribution < 1.29 is 0 Å². The average Bonchev–Trinajstić information content (AvgIpc) is 2.83. The lowest BCUT2D eigenvalue weighted by Crippen LogP contribution is -1.90. The fourth-order valence-electron chi connectivity index (χ4n) is 1.97. The van der Waals surface area contributed by atoms with Gasteiger partial charge in [-0.15, -0.1) is 0 Å². The fraction of sp³-hybridized carbons (Fsp3) is 0. The smallest absolute Gasteiger partial charge is 0.190 e. The minimum atomic E-state index is 0.708. The van der Waals surface area contributed by atoms with Gasteiger partial charge in [0.05, 0.1) is 11.0 Å². The summed E-state index contributed by atoms with van der Waals surface area (Å²) in [6.07, 6.45) is 1.74. The SMILES string of the molecule is C=Cn1c(C#Cc2ccccc2)nc2ccccc21. The van der Waals surface area contributed by atoms with Crippen molar-refractivity contribution in [2.75, 3.05) is 0 Å². The number of benzene rings is 2. The average molecular weight is 244 g/mol. The van der Waals surface area contributed by atoms with E-state index in [2.05, 4.69) is 23.4 Å². The van der Waals surface area contributed by atoms with E-state index in [1.54, 1.807) is 6.20 Å². The van der Waals surface area contributed by atoms with Crippen LogP contribution in [0.1, 0.15) is 11.4 Å². The Bertz CT molecular complexity index is 786. The van der Waals surface area contributed by atoms with E-state index in [1.807, 2.05) is 59.2 Å². The summed E-state index contributed by atoms with van der Waals surface area (Å²) in [7, 11) is 0. The maximum absolute atomic E-state index is 4.52. The maximum atomic E-state index is 4.52. The maximum Gasteiger partial charge on any atom is 0.190 e. The molecule has 2 nitrogen and oxygen atoms in total. The molecule has 1 heterocycles. The highest BCUT2D eigenvalue weighted by Crippen LogP contribution is 2.15. The molecule has 90 valence electrons. The second-order valence-corrected chi connectivity index (χ2v) is 4.09. The van der Waals surface area contributed by atoms with Gasteiger partial charge in [-0.2, -0.15) is 0 Å². The Kier molecular flexibility index (Phi) is 2.88. The predicted octanol–water partition coefficient (Wildman–Crippen LogP) is 3.54. The molecule has 1 aromatic heterocycles. The first-order chi connectivity index (χ1) is 9.38. The van der Waals surface area contributed by atoms with Gasteiger partial charge in [-0.25, -0.2) is 4.98 Å². The van der Waals surface area contributed by atoms with Crippen LogP contribution in [0.5, 0.6) is 0 Å². The number of hydrogen-bond donors (Lipinski definition) is 0. The molecule has 3 rings (SSSR count). The van der Waals surface area contributed by atoms with Gasteiger partial charge in [-0.1, -0.05) is 42.8 Å². The summed E-state index contributed by atoms with van der Waals surface area (Å²) >= 11 is 0. The van der Waals surface area contributed by atoms with E-state index in [0.717, 1.165) is 16.6 Å². The molecule has 0 saturated heterocycles. The molecule has 0 aliphatic heterocycles. The third kappa shape index (κ3) is 2.14. The van der Waals surface area contributed by atoms with Crippen LogP contribution in [0, 0.1) is 11.8 Å². The molecule has 3 aromatic rings. The molecule has 0 unspecified atom stereocenters. The van der Waals surface area contributed by atoms with Crippen molar-refractivity contribution in [1.82, 2.24) is 9.55 Å². The molecular formula is C17H12N2. The predicted molar refractivity (Wildman–Crippen MR) is 78.5 cm³/mol. The minimum absolute atomic E-state index is 0.708. The molecule has 0 saturated carbocycles. The fourth-order valence-corrected chi connectivity index (χ4v) is 1.97. The van der Waals surface area contributed by atoms with Crippen LogP contribution in [0.25, 0.3) is 17.2 Å². The van der Waals surface area contributed by atoms with Gasteiger partial charge in [0.2, 0.25) is 0 Å². The quantitative estimate of drug-likeness (QED) is 0.599. The Labute approximate surface area is 112 Å². The van der Waals surface area contributed by atoms with Gasteiger partial charge in [0.1, 0.15) is 0 Å². The molecule has 0 radical (unpaired) electrons. The zero-order valence-electron chi connectivity index (χ0n) is 10.4. The van der Waals surface area contributed by atoms with E-state index in [4.69, 9.17) is 0 Å². The molecule has 2 aromatic carbocycles. The Hall–Kier alpha value is -2.79. The van der Waals surface area contributed by atoms with Crippen molar-refractivity contribution in [3.8, 4) is 11.8 Å². The second kappa shape index (κ2) is 4.83. The van der Waals surface area contributed by atoms with E-state index in [1.165, 1.54) is 0 Å². The largest absolute Gasteiger partial charge is 0.293 e. The summed E-state index contributed by atoms with van der Waals surface area (Å²) in [4.78, 5) is 4.52. The Morgan fingerprint density at radius 3 is 2.47 bits per heavy atom. The van der Waals surface area contributed by atoms with Gasteiger partial charge in [0, 0.05) is 11.8 Å². The van der Waals surface area contributed by atoms with Gasteiger partial charge in [-0.05, 0) is 30.2 Å². The van der Waals surface area contributed by atoms with Gasteiger partial charge in [-0.3, -0.25) is 4.57 Å². The van der Waals surface area contributed by atoms with Crippen LogP contribution in [0.3, 0.4) is 0 Å². The monoisotopic (exact) mass is 244 g/mol. The van der Waals surface area contributed by atoms with Gasteiger partial charge in [0.25, 0.3) is 0 Å². The lowest BCUT2D eigenvalue weighted by Gasteiger charge is -1.95. The highest BCUT2D eigenvalue weighted by Gasteiger charge is 2.04. The van der Waals surface area contributed by atoms with E-state index in [-0.39, 0.29) is 0 Å². The van der Waals surface area contributed by atoms with Crippen LogP contribution in [-0.4, -0.2) is 9.55 Å². The third-order valence-electron chi connectivity index (χ3n) is 2.87. The van der Waals surface area contributed by atoms with E-state index >= 15 is 0 Å². The standard InChI is InChI=1S/C17H12N2/c1-2-19-16-11-7-6-10-15(16)18-17(19)13-12-14-8-4-3-5-9-14/h2-11H,1H2. The summed E-state index contributed by atoms with van der Waals surface area (Å²) in [6.45, 7) is 3.82. The Balaban J connectivity index is 2.11. The normalized spacial score (nSPS) is 9.89. The summed E-state index contributed by atoms with van der Waals surface area (Å²) in [5.41, 5.74) is 2.93. The molecule has 19 heavy (non-hydrogen) atoms. The molecule has 0 atom stereocenters. The molecule has 0 N–H and O–H groups in total. The first-order valence-electron chi connectivity index (χ1n) is 6.05. The number of nitrogens with zero attached hydrogens (tertiary/aromatic N) is 2. The number of aromatic nitrogens is 2. The van der Waals surface area contributed by atoms with Crippen molar-refractivity contribution in [2.24, 2.45) is 0 Å². The molecule has 0 bridgehead atoms. The number of imidazole rings is 1. The van der Waals surface area contributed by atoms with Crippen LogP contribution in [0.4, 0.5) is 0 Å². The Morgan fingerprint density at radius 2 is 1.68 bits per heavy atom. The number of hydrogen-bond acceptors (Lipinski definition) is 1. The summed E-state index contributed by atoms with van der Waals surface area (Å²) in [6, 6.07) is 17.8. The first-order valence-corrected chi connectivity index (χ1v) is 6.05.